The summed E-state index contributed by atoms with van der Waals surface area (Å²) < 4.78 is 0. The van der Waals surface area contributed by atoms with Crippen LogP contribution in [-0.4, -0.2) is 5.45 Å². The van der Waals surface area contributed by atoms with Gasteiger partial charge in [0, 0.05) is 10.9 Å². The number of hydrogen-bond donors (Lipinski definition) is 0. The van der Waals surface area contributed by atoms with Gasteiger partial charge in [0.25, 0.3) is 0 Å². The molecule has 0 saturated heterocycles. The van der Waals surface area contributed by atoms with Crippen LogP contribution in [0.15, 0.2) is 47.5 Å². The van der Waals surface area contributed by atoms with E-state index in [-0.39, 0.29) is 21.7 Å². The van der Waals surface area contributed by atoms with Gasteiger partial charge in [0.1, 0.15) is 0 Å². The topological polar surface area (TPSA) is 12.4 Å². The normalized spacial score (nSPS) is 14.5. The summed E-state index contributed by atoms with van der Waals surface area (Å²) in [5, 5.41) is 1.48. The van der Waals surface area contributed by atoms with Crippen LogP contribution in [0.4, 0.5) is 5.69 Å². The van der Waals surface area contributed by atoms with E-state index in [9.17, 15) is 0 Å². The van der Waals surface area contributed by atoms with Crippen LogP contribution in [0.25, 0.3) is 0 Å². The molecule has 0 aromatic heterocycles. The molecule has 1 atom stereocenters. The Labute approximate surface area is 194 Å². The first kappa shape index (κ1) is 25.8. The third-order valence-corrected chi connectivity index (χ3v) is 7.46. The van der Waals surface area contributed by atoms with Crippen molar-refractivity contribution in [3.8, 4) is 0 Å². The molecule has 0 N–H and O–H groups in total. The fraction of sp³-hybridized carbons (Fsp3) is 0.552. The van der Waals surface area contributed by atoms with Crippen molar-refractivity contribution < 1.29 is 0 Å². The molecule has 0 saturated carbocycles. The highest BCUT2D eigenvalue weighted by molar-refractivity contribution is 7.66. The molecule has 2 heteroatoms. The molecular weight excluding hydrogens is 393 g/mol. The second kappa shape index (κ2) is 8.82. The molecule has 0 aliphatic heterocycles. The number of hydrogen-bond acceptors (Lipinski definition) is 1. The largest absolute Gasteiger partial charge is 0.252 e. The first-order chi connectivity index (χ1) is 13.9. The fourth-order valence-electron chi connectivity index (χ4n) is 3.53. The summed E-state index contributed by atoms with van der Waals surface area (Å²) in [5.74, 6) is 0. The van der Waals surface area contributed by atoms with Crippen LogP contribution < -0.4 is 5.30 Å². The number of rotatable bonds is 3. The Morgan fingerprint density at radius 1 is 0.645 bits per heavy atom. The molecule has 1 unspecified atom stereocenters. The maximum atomic E-state index is 5.17. The minimum absolute atomic E-state index is 0.00128. The van der Waals surface area contributed by atoms with Gasteiger partial charge in [-0.25, -0.2) is 0 Å². The summed E-state index contributed by atoms with van der Waals surface area (Å²) in [5.41, 5.74) is 6.92. The van der Waals surface area contributed by atoms with Crippen LogP contribution in [0.5, 0.6) is 0 Å². The van der Waals surface area contributed by atoms with Crippen LogP contribution >= 0.6 is 8.58 Å². The lowest BCUT2D eigenvalue weighted by Crippen LogP contribution is -2.32. The third kappa shape index (κ3) is 6.76. The van der Waals surface area contributed by atoms with E-state index in [1.165, 1.54) is 27.4 Å². The SMILES string of the molecule is CC(C)(C)C(=Nc1ccccc1)Pc1c(C(C)(C)C)cc(C(C)(C)C)cc1C(C)(C)C. The Balaban J connectivity index is 2.82. The van der Waals surface area contributed by atoms with Gasteiger partial charge in [-0.15, -0.1) is 0 Å². The van der Waals surface area contributed by atoms with E-state index in [4.69, 9.17) is 4.99 Å². The summed E-state index contributed by atoms with van der Waals surface area (Å²) in [6.45, 7) is 27.9. The van der Waals surface area contributed by atoms with Gasteiger partial charge in [-0.05, 0) is 59.0 Å². The molecule has 0 spiro atoms. The predicted molar refractivity (Wildman–Crippen MR) is 143 cm³/mol. The standard InChI is InChI=1S/C29H44NP/c1-26(2,3)20-18-22(27(4,5)6)24(23(19-20)28(7,8)9)31-25(29(10,11)12)30-21-16-14-13-15-17-21/h13-19,31H,1-12H3. The van der Waals surface area contributed by atoms with E-state index in [0.717, 1.165) is 5.69 Å². The number of aliphatic imine (C=N–C) groups is 1. The van der Waals surface area contributed by atoms with Gasteiger partial charge in [0.05, 0.1) is 5.69 Å². The van der Waals surface area contributed by atoms with Crippen molar-refractivity contribution in [1.82, 2.24) is 0 Å². The van der Waals surface area contributed by atoms with Crippen LogP contribution in [0, 0.1) is 5.41 Å². The molecule has 0 aliphatic carbocycles. The Kier molecular flexibility index (Phi) is 7.34. The Bertz CT molecular complexity index is 889. The molecule has 2 rings (SSSR count). The van der Waals surface area contributed by atoms with Gasteiger partial charge in [-0.1, -0.05) is 113 Å². The Morgan fingerprint density at radius 3 is 1.45 bits per heavy atom. The van der Waals surface area contributed by atoms with Gasteiger partial charge in [0.15, 0.2) is 0 Å². The monoisotopic (exact) mass is 437 g/mol. The van der Waals surface area contributed by atoms with Gasteiger partial charge in [-0.3, -0.25) is 4.99 Å². The van der Waals surface area contributed by atoms with Crippen LogP contribution in [0.1, 0.15) is 99.8 Å². The van der Waals surface area contributed by atoms with E-state index in [0.29, 0.717) is 8.58 Å². The lowest BCUT2D eigenvalue weighted by molar-refractivity contribution is 0.553. The highest BCUT2D eigenvalue weighted by Crippen LogP contribution is 2.40. The summed E-state index contributed by atoms with van der Waals surface area (Å²) in [4.78, 5) is 5.17. The Hall–Kier alpha value is -1.46. The van der Waals surface area contributed by atoms with Gasteiger partial charge in [-0.2, -0.15) is 0 Å². The molecule has 0 radical (unpaired) electrons. The van der Waals surface area contributed by atoms with Crippen molar-refractivity contribution >= 4 is 25.0 Å². The van der Waals surface area contributed by atoms with Crippen molar-refractivity contribution in [3.63, 3.8) is 0 Å². The van der Waals surface area contributed by atoms with E-state index in [2.05, 4.69) is 126 Å². The van der Waals surface area contributed by atoms with Crippen molar-refractivity contribution in [2.24, 2.45) is 10.4 Å². The molecule has 31 heavy (non-hydrogen) atoms. The number of benzene rings is 2. The zero-order valence-electron chi connectivity index (χ0n) is 22.0. The molecule has 2 aromatic rings. The Morgan fingerprint density at radius 2 is 1.10 bits per heavy atom. The molecule has 0 bridgehead atoms. The zero-order chi connectivity index (χ0) is 23.8. The summed E-state index contributed by atoms with van der Waals surface area (Å²) in [6, 6.07) is 15.4. The van der Waals surface area contributed by atoms with Crippen LogP contribution in [0.2, 0.25) is 0 Å². The first-order valence-corrected chi connectivity index (χ1v) is 12.5. The van der Waals surface area contributed by atoms with Gasteiger partial charge < -0.3 is 0 Å². The van der Waals surface area contributed by atoms with Crippen LogP contribution in [0.3, 0.4) is 0 Å². The predicted octanol–water partition coefficient (Wildman–Crippen LogP) is 8.66. The first-order valence-electron chi connectivity index (χ1n) is 11.5. The smallest absolute Gasteiger partial charge is 0.0633 e. The molecule has 0 fully saturated rings. The van der Waals surface area contributed by atoms with Gasteiger partial charge in [0.2, 0.25) is 0 Å². The van der Waals surface area contributed by atoms with Crippen molar-refractivity contribution in [2.45, 2.75) is 99.3 Å². The molecule has 2 aromatic carbocycles. The van der Waals surface area contributed by atoms with Crippen molar-refractivity contribution in [3.05, 3.63) is 59.2 Å². The van der Waals surface area contributed by atoms with E-state index >= 15 is 0 Å². The quantitative estimate of drug-likeness (QED) is 0.336. The highest BCUT2D eigenvalue weighted by Gasteiger charge is 2.31. The van der Waals surface area contributed by atoms with Gasteiger partial charge >= 0.3 is 0 Å². The maximum absolute atomic E-state index is 5.17. The second-order valence-electron chi connectivity index (χ2n) is 12.9. The third-order valence-electron chi connectivity index (χ3n) is 5.57. The van der Waals surface area contributed by atoms with E-state index in [1.54, 1.807) is 0 Å². The number of nitrogens with zero attached hydrogens (tertiary/aromatic N) is 1. The molecule has 1 nitrogen and oxygen atoms in total. The summed E-state index contributed by atoms with van der Waals surface area (Å²) >= 11 is 0. The molecule has 170 valence electrons. The van der Waals surface area contributed by atoms with Crippen LogP contribution in [-0.2, 0) is 16.2 Å². The lowest BCUT2D eigenvalue weighted by atomic mass is 9.75. The van der Waals surface area contributed by atoms with Crippen molar-refractivity contribution in [1.29, 1.82) is 0 Å². The highest BCUT2D eigenvalue weighted by atomic mass is 31.1. The average Bonchev–Trinajstić information content (AvgIpc) is 2.58. The molecule has 0 amide bonds. The minimum Gasteiger partial charge on any atom is -0.252 e. The van der Waals surface area contributed by atoms with E-state index < -0.39 is 0 Å². The molecule has 0 aliphatic rings. The summed E-state index contributed by atoms with van der Waals surface area (Å²) in [7, 11) is 0.547. The lowest BCUT2D eigenvalue weighted by Gasteiger charge is -2.35. The molecular formula is C29H44NP. The zero-order valence-corrected chi connectivity index (χ0v) is 23.0. The fourth-order valence-corrected chi connectivity index (χ4v) is 5.49. The second-order valence-corrected chi connectivity index (χ2v) is 14.1. The summed E-state index contributed by atoms with van der Waals surface area (Å²) in [6.07, 6.45) is 0. The minimum atomic E-state index is 0.00128. The van der Waals surface area contributed by atoms with E-state index in [1.807, 2.05) is 0 Å². The number of para-hydroxylation sites is 1. The van der Waals surface area contributed by atoms with Crippen molar-refractivity contribution in [2.75, 3.05) is 0 Å². The molecule has 0 heterocycles. The average molecular weight is 438 g/mol. The maximum Gasteiger partial charge on any atom is 0.0633 e.